The van der Waals surface area contributed by atoms with Gasteiger partial charge in [-0.1, -0.05) is 18.0 Å². The fourth-order valence-electron chi connectivity index (χ4n) is 5.22. The maximum atomic E-state index is 6.83. The molecule has 0 N–H and O–H groups in total. The second-order valence-corrected chi connectivity index (χ2v) is 9.21. The van der Waals surface area contributed by atoms with E-state index in [1.807, 2.05) is 12.1 Å². The normalized spacial score (nSPS) is 20.5. The van der Waals surface area contributed by atoms with E-state index in [9.17, 15) is 0 Å². The third-order valence-electron chi connectivity index (χ3n) is 6.97. The van der Waals surface area contributed by atoms with Crippen molar-refractivity contribution in [2.45, 2.75) is 51.4 Å². The predicted octanol–water partition coefficient (Wildman–Crippen LogP) is 5.03. The molecule has 0 unspecified atom stereocenters. The first kappa shape index (κ1) is 18.5. The molecule has 1 aliphatic heterocycles. The average molecular weight is 401 g/mol. The highest BCUT2D eigenvalue weighted by molar-refractivity contribution is 6.36. The molecule has 0 radical (unpaired) electrons. The van der Waals surface area contributed by atoms with Crippen molar-refractivity contribution < 1.29 is 9.47 Å². The maximum Gasteiger partial charge on any atom is 0.163 e. The molecule has 0 atom stereocenters. The Morgan fingerprint density at radius 2 is 1.93 bits per heavy atom. The Morgan fingerprint density at radius 1 is 1.11 bits per heavy atom. The van der Waals surface area contributed by atoms with Gasteiger partial charge in [-0.05, 0) is 75.1 Å². The summed E-state index contributed by atoms with van der Waals surface area (Å²) in [5.41, 5.74) is 3.82. The lowest BCUT2D eigenvalue weighted by molar-refractivity contribution is 0.148. The molecule has 3 aliphatic rings. The summed E-state index contributed by atoms with van der Waals surface area (Å²) in [6.45, 7) is 4.26. The van der Waals surface area contributed by atoms with Crippen LogP contribution >= 0.6 is 11.6 Å². The van der Waals surface area contributed by atoms with Crippen molar-refractivity contribution in [3.63, 3.8) is 0 Å². The number of hydrogen-bond acceptors (Lipinski definition) is 4. The van der Waals surface area contributed by atoms with Crippen LogP contribution in [0.2, 0.25) is 5.02 Å². The molecule has 1 aromatic heterocycles. The monoisotopic (exact) mass is 400 g/mol. The molecule has 2 fully saturated rings. The summed E-state index contributed by atoms with van der Waals surface area (Å²) >= 11 is 6.83. The van der Waals surface area contributed by atoms with E-state index in [0.29, 0.717) is 12.0 Å². The summed E-state index contributed by atoms with van der Waals surface area (Å²) in [6.07, 6.45) is 9.82. The number of pyridine rings is 1. The molecule has 1 saturated carbocycles. The highest BCUT2D eigenvalue weighted by Gasteiger charge is 2.44. The molecule has 28 heavy (non-hydrogen) atoms. The van der Waals surface area contributed by atoms with E-state index in [1.54, 1.807) is 7.11 Å². The minimum absolute atomic E-state index is 0.440. The van der Waals surface area contributed by atoms with Crippen molar-refractivity contribution in [2.75, 3.05) is 33.4 Å². The SMILES string of the molecule is COc1cc2c(Cl)c3c(nc2cc1OCCCN1CCCC1)CC1(CCC1)C3. The van der Waals surface area contributed by atoms with Crippen molar-refractivity contribution in [3.05, 3.63) is 28.4 Å². The second-order valence-electron chi connectivity index (χ2n) is 8.83. The van der Waals surface area contributed by atoms with Gasteiger partial charge in [0.25, 0.3) is 0 Å². The first-order valence-electron chi connectivity index (χ1n) is 10.7. The molecule has 2 aliphatic carbocycles. The second kappa shape index (κ2) is 7.38. The molecule has 5 heteroatoms. The van der Waals surface area contributed by atoms with Gasteiger partial charge >= 0.3 is 0 Å². The summed E-state index contributed by atoms with van der Waals surface area (Å²) in [4.78, 5) is 7.51. The lowest BCUT2D eigenvalue weighted by Gasteiger charge is -2.37. The van der Waals surface area contributed by atoms with Gasteiger partial charge in [-0.25, -0.2) is 0 Å². The molecule has 2 aromatic rings. The number of ether oxygens (including phenoxy) is 2. The van der Waals surface area contributed by atoms with E-state index in [2.05, 4.69) is 4.90 Å². The Bertz CT molecular complexity index is 888. The van der Waals surface area contributed by atoms with E-state index in [1.165, 1.54) is 56.5 Å². The van der Waals surface area contributed by atoms with Crippen LogP contribution < -0.4 is 9.47 Å². The number of likely N-dealkylation sites (tertiary alicyclic amines) is 1. The van der Waals surface area contributed by atoms with Gasteiger partial charge in [0.1, 0.15) is 0 Å². The zero-order chi connectivity index (χ0) is 19.1. The third kappa shape index (κ3) is 3.25. The number of nitrogens with zero attached hydrogens (tertiary/aromatic N) is 2. The van der Waals surface area contributed by atoms with Crippen molar-refractivity contribution in [1.29, 1.82) is 0 Å². The van der Waals surface area contributed by atoms with Gasteiger partial charge in [-0.2, -0.15) is 0 Å². The number of halogens is 1. The minimum atomic E-state index is 0.440. The Morgan fingerprint density at radius 3 is 2.64 bits per heavy atom. The number of aromatic nitrogens is 1. The molecule has 1 saturated heterocycles. The van der Waals surface area contributed by atoms with Crippen LogP contribution in [0.1, 0.15) is 49.8 Å². The number of benzene rings is 1. The van der Waals surface area contributed by atoms with Crippen molar-refractivity contribution >= 4 is 22.5 Å². The standard InChI is InChI=1S/C23H29ClN2O2/c1-27-20-12-16-18(13-21(20)28-11-5-10-26-8-2-3-9-26)25-19-15-23(6-4-7-23)14-17(19)22(16)24/h12-13H,2-11,14-15H2,1H3. The average Bonchev–Trinajstić information content (AvgIpc) is 3.32. The van der Waals surface area contributed by atoms with Crippen molar-refractivity contribution in [3.8, 4) is 11.5 Å². The van der Waals surface area contributed by atoms with Gasteiger partial charge in [0, 0.05) is 23.7 Å². The lowest BCUT2D eigenvalue weighted by atomic mass is 9.67. The molecular formula is C23H29ClN2O2. The Kier molecular flexibility index (Phi) is 4.88. The van der Waals surface area contributed by atoms with Crippen LogP contribution in [0.3, 0.4) is 0 Å². The van der Waals surface area contributed by atoms with Gasteiger partial charge in [0.15, 0.2) is 11.5 Å². The first-order chi connectivity index (χ1) is 13.7. The summed E-state index contributed by atoms with van der Waals surface area (Å²) in [5.74, 6) is 1.52. The lowest BCUT2D eigenvalue weighted by Crippen LogP contribution is -2.29. The largest absolute Gasteiger partial charge is 0.493 e. The van der Waals surface area contributed by atoms with Gasteiger partial charge in [-0.3, -0.25) is 4.98 Å². The molecular weight excluding hydrogens is 372 g/mol. The van der Waals surface area contributed by atoms with E-state index >= 15 is 0 Å². The van der Waals surface area contributed by atoms with E-state index < -0.39 is 0 Å². The highest BCUT2D eigenvalue weighted by Crippen LogP contribution is 2.53. The zero-order valence-electron chi connectivity index (χ0n) is 16.7. The number of methoxy groups -OCH3 is 1. The number of rotatable bonds is 6. The summed E-state index contributed by atoms with van der Waals surface area (Å²) < 4.78 is 11.7. The minimum Gasteiger partial charge on any atom is -0.493 e. The zero-order valence-corrected chi connectivity index (χ0v) is 17.5. The molecule has 1 aromatic carbocycles. The summed E-state index contributed by atoms with van der Waals surface area (Å²) in [5, 5.41) is 1.85. The topological polar surface area (TPSA) is 34.6 Å². The maximum absolute atomic E-state index is 6.83. The Balaban J connectivity index is 1.37. The molecule has 1 spiro atoms. The fourth-order valence-corrected chi connectivity index (χ4v) is 5.54. The molecule has 150 valence electrons. The van der Waals surface area contributed by atoms with E-state index in [0.717, 1.165) is 53.2 Å². The molecule has 0 amide bonds. The van der Waals surface area contributed by atoms with Crippen LogP contribution in [0.4, 0.5) is 0 Å². The first-order valence-corrected chi connectivity index (χ1v) is 11.1. The molecule has 0 bridgehead atoms. The summed E-state index contributed by atoms with van der Waals surface area (Å²) in [6, 6.07) is 4.02. The van der Waals surface area contributed by atoms with Crippen molar-refractivity contribution in [2.24, 2.45) is 5.41 Å². The van der Waals surface area contributed by atoms with Crippen LogP contribution in [0, 0.1) is 5.41 Å². The summed E-state index contributed by atoms with van der Waals surface area (Å²) in [7, 11) is 1.69. The number of hydrogen-bond donors (Lipinski definition) is 0. The quantitative estimate of drug-likeness (QED) is 0.637. The van der Waals surface area contributed by atoms with E-state index in [4.69, 9.17) is 26.1 Å². The van der Waals surface area contributed by atoms with Gasteiger partial charge < -0.3 is 14.4 Å². The molecule has 2 heterocycles. The van der Waals surface area contributed by atoms with Crippen LogP contribution in [0.15, 0.2) is 12.1 Å². The number of fused-ring (bicyclic) bond motifs is 2. The molecule has 4 nitrogen and oxygen atoms in total. The van der Waals surface area contributed by atoms with E-state index in [-0.39, 0.29) is 0 Å². The van der Waals surface area contributed by atoms with Crippen LogP contribution in [-0.2, 0) is 12.8 Å². The third-order valence-corrected chi connectivity index (χ3v) is 7.40. The van der Waals surface area contributed by atoms with Gasteiger partial charge in [0.2, 0.25) is 0 Å². The van der Waals surface area contributed by atoms with Crippen LogP contribution in [-0.4, -0.2) is 43.2 Å². The Labute approximate surface area is 172 Å². The Hall–Kier alpha value is -1.52. The van der Waals surface area contributed by atoms with Crippen LogP contribution in [0.5, 0.6) is 11.5 Å². The molecule has 5 rings (SSSR count). The predicted molar refractivity (Wildman–Crippen MR) is 113 cm³/mol. The van der Waals surface area contributed by atoms with Gasteiger partial charge in [0.05, 0.1) is 24.3 Å². The van der Waals surface area contributed by atoms with Crippen LogP contribution in [0.25, 0.3) is 10.9 Å². The fraction of sp³-hybridized carbons (Fsp3) is 0.609. The smallest absolute Gasteiger partial charge is 0.163 e. The van der Waals surface area contributed by atoms with Gasteiger partial charge in [-0.15, -0.1) is 0 Å². The highest BCUT2D eigenvalue weighted by atomic mass is 35.5. The van der Waals surface area contributed by atoms with Crippen molar-refractivity contribution in [1.82, 2.24) is 9.88 Å².